The van der Waals surface area contributed by atoms with Crippen LogP contribution in [0.25, 0.3) is 0 Å². The molecule has 0 fully saturated rings. The summed E-state index contributed by atoms with van der Waals surface area (Å²) in [7, 11) is 0. The van der Waals surface area contributed by atoms with Gasteiger partial charge < -0.3 is 26.0 Å². The second-order valence-electron chi connectivity index (χ2n) is 12.5. The molecule has 9 heteroatoms. The molecular formula is C29H48N4O5. The standard InChI is InChI=1S/C29H48N4O5/c1-18(2)14-15-20(4)33(26(36)22(17-23(30)34)31-27(37)38-29(8,9)10)24(25(35)32-28(5,6)7)21-13-11-12-19(3)16-21/h11-13,16,18,20,22,24H,14-15,17H2,1-10H3,(H2,30,34)(H,31,37)(H,32,35). The molecule has 0 aliphatic heterocycles. The predicted molar refractivity (Wildman–Crippen MR) is 149 cm³/mol. The molecule has 0 aromatic heterocycles. The summed E-state index contributed by atoms with van der Waals surface area (Å²) in [6.45, 7) is 18.7. The highest BCUT2D eigenvalue weighted by Crippen LogP contribution is 2.29. The van der Waals surface area contributed by atoms with Crippen molar-refractivity contribution in [1.29, 1.82) is 0 Å². The number of nitrogens with zero attached hydrogens (tertiary/aromatic N) is 1. The fraction of sp³-hybridized carbons (Fsp3) is 0.655. The molecule has 0 heterocycles. The Labute approximate surface area is 228 Å². The SMILES string of the molecule is Cc1cccc(C(C(=O)NC(C)(C)C)N(C(=O)C(CC(N)=O)NC(=O)OC(C)(C)C)C(C)CCC(C)C)c1. The Hall–Kier alpha value is -3.10. The highest BCUT2D eigenvalue weighted by Gasteiger charge is 2.40. The zero-order chi connectivity index (χ0) is 29.4. The number of rotatable bonds is 11. The predicted octanol–water partition coefficient (Wildman–Crippen LogP) is 4.37. The molecule has 4 N–H and O–H groups in total. The van der Waals surface area contributed by atoms with E-state index in [1.807, 2.05) is 52.8 Å². The molecule has 0 spiro atoms. The van der Waals surface area contributed by atoms with E-state index in [-0.39, 0.29) is 5.91 Å². The van der Waals surface area contributed by atoms with E-state index in [2.05, 4.69) is 24.5 Å². The van der Waals surface area contributed by atoms with Gasteiger partial charge >= 0.3 is 6.09 Å². The van der Waals surface area contributed by atoms with Crippen molar-refractivity contribution in [3.8, 4) is 0 Å². The Bertz CT molecular complexity index is 978. The Morgan fingerprint density at radius 2 is 1.61 bits per heavy atom. The molecule has 9 nitrogen and oxygen atoms in total. The number of ether oxygens (including phenoxy) is 1. The van der Waals surface area contributed by atoms with Gasteiger partial charge in [0.25, 0.3) is 0 Å². The van der Waals surface area contributed by atoms with Crippen molar-refractivity contribution in [3.05, 3.63) is 35.4 Å². The second-order valence-corrected chi connectivity index (χ2v) is 12.5. The van der Waals surface area contributed by atoms with Crippen LogP contribution in [-0.4, -0.2) is 51.9 Å². The van der Waals surface area contributed by atoms with Gasteiger partial charge in [0.2, 0.25) is 17.7 Å². The van der Waals surface area contributed by atoms with Crippen LogP contribution in [-0.2, 0) is 19.1 Å². The first-order valence-electron chi connectivity index (χ1n) is 13.3. The van der Waals surface area contributed by atoms with E-state index in [0.29, 0.717) is 17.9 Å². The summed E-state index contributed by atoms with van der Waals surface area (Å²) < 4.78 is 5.34. The molecule has 0 saturated heterocycles. The number of nitrogens with one attached hydrogen (secondary N) is 2. The Balaban J connectivity index is 3.67. The van der Waals surface area contributed by atoms with Crippen LogP contribution in [0.5, 0.6) is 0 Å². The van der Waals surface area contributed by atoms with E-state index < -0.39 is 53.6 Å². The molecule has 214 valence electrons. The van der Waals surface area contributed by atoms with E-state index in [4.69, 9.17) is 10.5 Å². The van der Waals surface area contributed by atoms with Gasteiger partial charge in [-0.1, -0.05) is 43.7 Å². The average molecular weight is 533 g/mol. The van der Waals surface area contributed by atoms with Gasteiger partial charge in [0.05, 0.1) is 6.42 Å². The first-order chi connectivity index (χ1) is 17.3. The van der Waals surface area contributed by atoms with Crippen LogP contribution in [0.15, 0.2) is 24.3 Å². The third-order valence-electron chi connectivity index (χ3n) is 5.67. The van der Waals surface area contributed by atoms with Crippen molar-refractivity contribution >= 4 is 23.8 Å². The van der Waals surface area contributed by atoms with Crippen LogP contribution < -0.4 is 16.4 Å². The summed E-state index contributed by atoms with van der Waals surface area (Å²) in [4.78, 5) is 54.1. The molecule has 3 atom stereocenters. The van der Waals surface area contributed by atoms with E-state index in [9.17, 15) is 19.2 Å². The minimum absolute atomic E-state index is 0.358. The molecule has 0 saturated carbocycles. The minimum Gasteiger partial charge on any atom is -0.444 e. The van der Waals surface area contributed by atoms with Crippen molar-refractivity contribution in [2.75, 3.05) is 0 Å². The first-order valence-corrected chi connectivity index (χ1v) is 13.3. The van der Waals surface area contributed by atoms with Gasteiger partial charge in [-0.05, 0) is 79.7 Å². The maximum Gasteiger partial charge on any atom is 0.408 e. The molecule has 0 bridgehead atoms. The monoisotopic (exact) mass is 532 g/mol. The van der Waals surface area contributed by atoms with Crippen LogP contribution in [0.4, 0.5) is 4.79 Å². The Morgan fingerprint density at radius 3 is 2.08 bits per heavy atom. The summed E-state index contributed by atoms with van der Waals surface area (Å²) in [6, 6.07) is 4.72. The number of aryl methyl sites for hydroxylation is 1. The van der Waals surface area contributed by atoms with Gasteiger partial charge in [0.15, 0.2) is 0 Å². The second kappa shape index (κ2) is 13.6. The van der Waals surface area contributed by atoms with Crippen LogP contribution in [0, 0.1) is 12.8 Å². The third-order valence-corrected chi connectivity index (χ3v) is 5.67. The summed E-state index contributed by atoms with van der Waals surface area (Å²) >= 11 is 0. The number of alkyl carbamates (subject to hydrolysis) is 1. The third kappa shape index (κ3) is 11.5. The summed E-state index contributed by atoms with van der Waals surface area (Å²) in [5, 5.41) is 5.53. The van der Waals surface area contributed by atoms with Gasteiger partial charge in [0.1, 0.15) is 17.7 Å². The largest absolute Gasteiger partial charge is 0.444 e. The normalized spacial score (nSPS) is 14.3. The lowest BCUT2D eigenvalue weighted by atomic mass is 9.95. The van der Waals surface area contributed by atoms with Gasteiger partial charge in [-0.3, -0.25) is 14.4 Å². The zero-order valence-electron chi connectivity index (χ0n) is 24.8. The van der Waals surface area contributed by atoms with Gasteiger partial charge in [0, 0.05) is 11.6 Å². The number of amides is 4. The highest BCUT2D eigenvalue weighted by atomic mass is 16.6. The lowest BCUT2D eigenvalue weighted by Gasteiger charge is -2.39. The first kappa shape index (κ1) is 32.9. The summed E-state index contributed by atoms with van der Waals surface area (Å²) in [5.41, 5.74) is 5.67. The molecule has 1 aromatic carbocycles. The Morgan fingerprint density at radius 1 is 1.00 bits per heavy atom. The van der Waals surface area contributed by atoms with Crippen molar-refractivity contribution in [2.45, 2.75) is 118 Å². The molecular weight excluding hydrogens is 484 g/mol. The Kier molecular flexibility index (Phi) is 11.8. The molecule has 0 aliphatic rings. The fourth-order valence-electron chi connectivity index (χ4n) is 4.06. The number of primary amides is 1. The maximum absolute atomic E-state index is 14.2. The molecule has 1 aromatic rings. The van der Waals surface area contributed by atoms with Gasteiger partial charge in [-0.25, -0.2) is 4.79 Å². The van der Waals surface area contributed by atoms with E-state index in [1.54, 1.807) is 26.8 Å². The van der Waals surface area contributed by atoms with Crippen LogP contribution >= 0.6 is 0 Å². The number of carbonyl (C=O) groups is 4. The van der Waals surface area contributed by atoms with Crippen molar-refractivity contribution in [2.24, 2.45) is 11.7 Å². The zero-order valence-corrected chi connectivity index (χ0v) is 24.8. The topological polar surface area (TPSA) is 131 Å². The summed E-state index contributed by atoms with van der Waals surface area (Å²) in [6.07, 6.45) is 0.141. The molecule has 4 amide bonds. The van der Waals surface area contributed by atoms with Crippen LogP contribution in [0.2, 0.25) is 0 Å². The lowest BCUT2D eigenvalue weighted by Crippen LogP contribution is -2.57. The number of hydrogen-bond acceptors (Lipinski definition) is 5. The number of hydrogen-bond donors (Lipinski definition) is 3. The molecule has 38 heavy (non-hydrogen) atoms. The quantitative estimate of drug-likeness (QED) is 0.389. The number of nitrogens with two attached hydrogens (primary N) is 1. The molecule has 0 aliphatic carbocycles. The lowest BCUT2D eigenvalue weighted by molar-refractivity contribution is -0.146. The van der Waals surface area contributed by atoms with Crippen LogP contribution in [0.3, 0.4) is 0 Å². The van der Waals surface area contributed by atoms with E-state index in [0.717, 1.165) is 12.0 Å². The molecule has 3 unspecified atom stereocenters. The van der Waals surface area contributed by atoms with E-state index >= 15 is 0 Å². The molecule has 0 radical (unpaired) electrons. The van der Waals surface area contributed by atoms with Gasteiger partial charge in [-0.15, -0.1) is 0 Å². The van der Waals surface area contributed by atoms with E-state index in [1.165, 1.54) is 4.90 Å². The van der Waals surface area contributed by atoms with Crippen molar-refractivity contribution in [3.63, 3.8) is 0 Å². The fourth-order valence-corrected chi connectivity index (χ4v) is 4.06. The average Bonchev–Trinajstić information content (AvgIpc) is 2.71. The number of benzene rings is 1. The van der Waals surface area contributed by atoms with Crippen LogP contribution in [0.1, 0.15) is 98.7 Å². The minimum atomic E-state index is -1.31. The van der Waals surface area contributed by atoms with Gasteiger partial charge in [-0.2, -0.15) is 0 Å². The maximum atomic E-state index is 14.2. The van der Waals surface area contributed by atoms with Crippen molar-refractivity contribution < 1.29 is 23.9 Å². The highest BCUT2D eigenvalue weighted by molar-refractivity contribution is 5.94. The smallest absolute Gasteiger partial charge is 0.408 e. The number of carbonyl (C=O) groups excluding carboxylic acids is 4. The van der Waals surface area contributed by atoms with Crippen molar-refractivity contribution in [1.82, 2.24) is 15.5 Å². The molecule has 1 rings (SSSR count). The summed E-state index contributed by atoms with van der Waals surface area (Å²) in [5.74, 6) is -1.33.